The van der Waals surface area contributed by atoms with E-state index in [-0.39, 0.29) is 35.5 Å². The molecule has 1 aromatic rings. The number of allylic oxidation sites excluding steroid dienone is 2. The second kappa shape index (κ2) is 5.43. The Balaban J connectivity index is 1.45. The quantitative estimate of drug-likeness (QED) is 0.473. The van der Waals surface area contributed by atoms with Gasteiger partial charge in [0.15, 0.2) is 11.5 Å². The fourth-order valence-corrected chi connectivity index (χ4v) is 5.19. The third kappa shape index (κ3) is 1.95. The predicted octanol–water partition coefficient (Wildman–Crippen LogP) is 2.09. The lowest BCUT2D eigenvalue weighted by atomic mass is 9.63. The van der Waals surface area contributed by atoms with Crippen LogP contribution in [0.2, 0.25) is 0 Å². The van der Waals surface area contributed by atoms with Gasteiger partial charge in [0.25, 0.3) is 11.8 Å². The number of amides is 2. The molecule has 0 aromatic heterocycles. The molecule has 0 radical (unpaired) electrons. The van der Waals surface area contributed by atoms with Crippen LogP contribution in [-0.4, -0.2) is 37.3 Å². The van der Waals surface area contributed by atoms with Crippen molar-refractivity contribution >= 4 is 18.0 Å². The monoisotopic (exact) mass is 352 g/mol. The van der Waals surface area contributed by atoms with Gasteiger partial charge in [0.2, 0.25) is 0 Å². The Morgan fingerprint density at radius 3 is 2.27 bits per heavy atom. The van der Waals surface area contributed by atoms with Gasteiger partial charge in [-0.25, -0.2) is 0 Å². The number of hydrazone groups is 1. The van der Waals surface area contributed by atoms with Crippen LogP contribution in [0.1, 0.15) is 12.0 Å². The third-order valence-electron chi connectivity index (χ3n) is 6.39. The second-order valence-corrected chi connectivity index (χ2v) is 7.47. The highest BCUT2D eigenvalue weighted by Crippen LogP contribution is 2.65. The predicted molar refractivity (Wildman–Crippen MR) is 93.7 cm³/mol. The van der Waals surface area contributed by atoms with Crippen molar-refractivity contribution in [2.75, 3.05) is 14.2 Å². The number of hydrogen-bond acceptors (Lipinski definition) is 5. The minimum Gasteiger partial charge on any atom is -0.493 e. The number of ether oxygens (including phenoxy) is 2. The summed E-state index contributed by atoms with van der Waals surface area (Å²) in [4.78, 5) is 25.8. The Morgan fingerprint density at radius 1 is 1.04 bits per heavy atom. The Labute approximate surface area is 151 Å². The van der Waals surface area contributed by atoms with Crippen LogP contribution in [0.5, 0.6) is 11.5 Å². The standard InChI is InChI=1S/C20H20N2O4/c1-25-15-5-3-4-10(18(15)26-2)9-21-22-19(23)16-11-6-7-12(14-8-13(11)14)17(16)20(22)24/h3-7,9,11-14,16-17H,8H2,1-2H3/b21-9-/t11-,12-,13-,14+,16-,17+/m1/s1. The number of benzene rings is 1. The van der Waals surface area contributed by atoms with Crippen molar-refractivity contribution in [1.82, 2.24) is 5.01 Å². The molecule has 1 heterocycles. The molecule has 1 aliphatic heterocycles. The van der Waals surface area contributed by atoms with Crippen molar-refractivity contribution in [3.8, 4) is 11.5 Å². The van der Waals surface area contributed by atoms with E-state index in [4.69, 9.17) is 9.47 Å². The zero-order chi connectivity index (χ0) is 18.0. The van der Waals surface area contributed by atoms with Crippen LogP contribution < -0.4 is 9.47 Å². The zero-order valence-corrected chi connectivity index (χ0v) is 14.7. The normalized spacial score (nSPS) is 36.5. The highest BCUT2D eigenvalue weighted by Gasteiger charge is 2.67. The molecular formula is C20H20N2O4. The number of carbonyl (C=O) groups is 2. The van der Waals surface area contributed by atoms with Gasteiger partial charge in [0, 0.05) is 5.56 Å². The Kier molecular flexibility index (Phi) is 3.26. The van der Waals surface area contributed by atoms with Crippen LogP contribution in [-0.2, 0) is 9.59 Å². The zero-order valence-electron chi connectivity index (χ0n) is 14.7. The van der Waals surface area contributed by atoms with Gasteiger partial charge in [0.1, 0.15) is 0 Å². The summed E-state index contributed by atoms with van der Waals surface area (Å²) in [5.41, 5.74) is 0.659. The summed E-state index contributed by atoms with van der Waals surface area (Å²) in [6, 6.07) is 5.41. The summed E-state index contributed by atoms with van der Waals surface area (Å²) in [7, 11) is 3.11. The summed E-state index contributed by atoms with van der Waals surface area (Å²) in [6.45, 7) is 0. The number of nitrogens with zero attached hydrogens (tertiary/aromatic N) is 2. The molecule has 1 saturated heterocycles. The van der Waals surface area contributed by atoms with Crippen molar-refractivity contribution in [2.45, 2.75) is 6.42 Å². The molecule has 2 amide bonds. The van der Waals surface area contributed by atoms with E-state index in [9.17, 15) is 9.59 Å². The van der Waals surface area contributed by atoms with Gasteiger partial charge in [-0.3, -0.25) is 9.59 Å². The smallest absolute Gasteiger partial charge is 0.254 e. The number of hydrogen-bond donors (Lipinski definition) is 0. The van der Waals surface area contributed by atoms with Gasteiger partial charge in [-0.05, 0) is 42.2 Å². The van der Waals surface area contributed by atoms with E-state index < -0.39 is 0 Å². The molecule has 1 aromatic carbocycles. The van der Waals surface area contributed by atoms with Crippen molar-refractivity contribution in [3.05, 3.63) is 35.9 Å². The fraction of sp³-hybridized carbons (Fsp3) is 0.450. The topological polar surface area (TPSA) is 68.2 Å². The van der Waals surface area contributed by atoms with Gasteiger partial charge in [-0.1, -0.05) is 18.2 Å². The molecule has 5 aliphatic rings. The first-order valence-corrected chi connectivity index (χ1v) is 8.96. The molecule has 2 saturated carbocycles. The molecule has 0 unspecified atom stereocenters. The summed E-state index contributed by atoms with van der Waals surface area (Å²) < 4.78 is 10.7. The lowest BCUT2D eigenvalue weighted by Gasteiger charge is -2.37. The van der Waals surface area contributed by atoms with Crippen LogP contribution in [0.25, 0.3) is 0 Å². The first kappa shape index (κ1) is 15.6. The number of methoxy groups -OCH3 is 2. The number of carbonyl (C=O) groups excluding carboxylic acids is 2. The van der Waals surface area contributed by atoms with Crippen LogP contribution in [0.4, 0.5) is 0 Å². The van der Waals surface area contributed by atoms with Gasteiger partial charge in [0.05, 0.1) is 32.3 Å². The summed E-state index contributed by atoms with van der Waals surface area (Å²) in [5, 5.41) is 5.32. The molecule has 6 nitrogen and oxygen atoms in total. The third-order valence-corrected chi connectivity index (χ3v) is 6.39. The number of imide groups is 1. The maximum atomic E-state index is 12.9. The van der Waals surface area contributed by atoms with Gasteiger partial charge in [-0.15, -0.1) is 0 Å². The van der Waals surface area contributed by atoms with Crippen LogP contribution in [0.15, 0.2) is 35.5 Å². The van der Waals surface area contributed by atoms with Gasteiger partial charge in [-0.2, -0.15) is 10.1 Å². The van der Waals surface area contributed by atoms with E-state index in [1.807, 2.05) is 12.1 Å². The molecule has 6 atom stereocenters. The molecule has 2 bridgehead atoms. The minimum absolute atomic E-state index is 0.164. The molecule has 0 N–H and O–H groups in total. The molecule has 134 valence electrons. The molecule has 0 spiro atoms. The molecule has 6 heteroatoms. The largest absolute Gasteiger partial charge is 0.493 e. The molecule has 3 fully saturated rings. The lowest BCUT2D eigenvalue weighted by molar-refractivity contribution is -0.140. The van der Waals surface area contributed by atoms with Crippen molar-refractivity contribution in [2.24, 2.45) is 40.6 Å². The maximum absolute atomic E-state index is 12.9. The summed E-state index contributed by atoms with van der Waals surface area (Å²) in [6.07, 6.45) is 6.97. The molecule has 26 heavy (non-hydrogen) atoms. The highest BCUT2D eigenvalue weighted by atomic mass is 16.5. The van der Waals surface area contributed by atoms with Crippen molar-refractivity contribution in [3.63, 3.8) is 0 Å². The van der Waals surface area contributed by atoms with Crippen molar-refractivity contribution in [1.29, 1.82) is 0 Å². The minimum atomic E-state index is -0.231. The average molecular weight is 352 g/mol. The molecule has 6 rings (SSSR count). The maximum Gasteiger partial charge on any atom is 0.254 e. The Bertz CT molecular complexity index is 825. The molecule has 4 aliphatic carbocycles. The van der Waals surface area contributed by atoms with Crippen LogP contribution >= 0.6 is 0 Å². The van der Waals surface area contributed by atoms with Gasteiger partial charge >= 0.3 is 0 Å². The summed E-state index contributed by atoms with van der Waals surface area (Å²) >= 11 is 0. The average Bonchev–Trinajstić information content (AvgIpc) is 3.45. The van der Waals surface area contributed by atoms with E-state index in [0.29, 0.717) is 28.9 Å². The van der Waals surface area contributed by atoms with Crippen molar-refractivity contribution < 1.29 is 19.1 Å². The number of rotatable bonds is 4. The first-order chi connectivity index (χ1) is 12.7. The highest BCUT2D eigenvalue weighted by molar-refractivity contribution is 6.06. The first-order valence-electron chi connectivity index (χ1n) is 8.96. The van der Waals surface area contributed by atoms with E-state index >= 15 is 0 Å². The molecular weight excluding hydrogens is 332 g/mol. The van der Waals surface area contributed by atoms with E-state index in [1.165, 1.54) is 6.21 Å². The Hall–Kier alpha value is -2.63. The van der Waals surface area contributed by atoms with E-state index in [0.717, 1.165) is 11.4 Å². The summed E-state index contributed by atoms with van der Waals surface area (Å²) in [5.74, 6) is 1.90. The Morgan fingerprint density at radius 2 is 1.69 bits per heavy atom. The second-order valence-electron chi connectivity index (χ2n) is 7.47. The van der Waals surface area contributed by atoms with Crippen LogP contribution in [0, 0.1) is 35.5 Å². The van der Waals surface area contributed by atoms with E-state index in [1.54, 1.807) is 20.3 Å². The van der Waals surface area contributed by atoms with Crippen LogP contribution in [0.3, 0.4) is 0 Å². The fourth-order valence-electron chi connectivity index (χ4n) is 5.19. The van der Waals surface area contributed by atoms with E-state index in [2.05, 4.69) is 17.3 Å². The van der Waals surface area contributed by atoms with Gasteiger partial charge < -0.3 is 9.47 Å². The lowest BCUT2D eigenvalue weighted by Crippen LogP contribution is -2.40. The SMILES string of the molecule is COc1cccc(/C=N\N2C(=O)[C@@H]3[C@@H]4C=C[C@H]([C@@H]5C[C@H]45)[C@@H]3C2=O)c1OC. The number of para-hydroxylation sites is 1.